The van der Waals surface area contributed by atoms with E-state index in [1.165, 1.54) is 18.2 Å². The van der Waals surface area contributed by atoms with E-state index in [0.29, 0.717) is 17.3 Å². The average molecular weight is 342 g/mol. The first kappa shape index (κ1) is 16.7. The van der Waals surface area contributed by atoms with Crippen molar-refractivity contribution in [2.45, 2.75) is 6.54 Å². The number of halogens is 3. The number of amides is 1. The maximum atomic E-state index is 13.0. The molecule has 0 bridgehead atoms. The van der Waals surface area contributed by atoms with Crippen molar-refractivity contribution < 1.29 is 14.1 Å². The number of hydrogen-bond acceptors (Lipinski definition) is 1. The molecule has 0 spiro atoms. The number of carbonyl (C=O) groups excluding carboxylic acids is 1. The van der Waals surface area contributed by atoms with Crippen molar-refractivity contribution in [1.82, 2.24) is 0 Å². The highest BCUT2D eigenvalue weighted by Gasteiger charge is 2.12. The fourth-order valence-electron chi connectivity index (χ4n) is 2.07. The molecule has 1 atom stereocenters. The Balaban J connectivity index is 1.89. The van der Waals surface area contributed by atoms with Gasteiger partial charge in [-0.2, -0.15) is 0 Å². The van der Waals surface area contributed by atoms with E-state index >= 15 is 0 Å². The van der Waals surface area contributed by atoms with Gasteiger partial charge in [-0.3, -0.25) is 4.79 Å². The minimum absolute atomic E-state index is 0.181. The van der Waals surface area contributed by atoms with E-state index in [2.05, 4.69) is 5.32 Å². The van der Waals surface area contributed by atoms with Crippen LogP contribution in [0.5, 0.6) is 0 Å². The van der Waals surface area contributed by atoms with Crippen LogP contribution < -0.4 is 10.2 Å². The summed E-state index contributed by atoms with van der Waals surface area (Å²) in [6.07, 6.45) is 0. The van der Waals surface area contributed by atoms with E-state index in [1.54, 1.807) is 0 Å². The summed E-state index contributed by atoms with van der Waals surface area (Å²) in [5, 5.41) is 3.55. The van der Waals surface area contributed by atoms with E-state index < -0.39 is 5.82 Å². The summed E-state index contributed by atoms with van der Waals surface area (Å²) in [4.78, 5) is 13.0. The van der Waals surface area contributed by atoms with Gasteiger partial charge in [0.2, 0.25) is 0 Å². The number of nitrogens with one attached hydrogen (secondary N) is 2. The number of benzene rings is 2. The van der Waals surface area contributed by atoms with Gasteiger partial charge in [-0.25, -0.2) is 4.39 Å². The predicted octanol–water partition coefficient (Wildman–Crippen LogP) is 2.79. The molecular formula is C16H16Cl2FN2O+. The summed E-state index contributed by atoms with van der Waals surface area (Å²) >= 11 is 11.7. The summed E-state index contributed by atoms with van der Waals surface area (Å²) in [7, 11) is 1.92. The second kappa shape index (κ2) is 7.58. The Hall–Kier alpha value is -1.62. The molecule has 116 valence electrons. The van der Waals surface area contributed by atoms with Crippen LogP contribution >= 0.6 is 23.2 Å². The second-order valence-corrected chi connectivity index (χ2v) is 5.95. The van der Waals surface area contributed by atoms with Crippen molar-refractivity contribution >= 4 is 34.8 Å². The molecule has 1 amide bonds. The molecule has 2 aromatic carbocycles. The van der Waals surface area contributed by atoms with Crippen LogP contribution in [0, 0.1) is 5.82 Å². The SMILES string of the molecule is C[NH+](CC(=O)Nc1ccc(F)cc1Cl)Cc1ccc(Cl)cc1. The summed E-state index contributed by atoms with van der Waals surface area (Å²) in [5.74, 6) is -0.617. The Kier molecular flexibility index (Phi) is 5.77. The van der Waals surface area contributed by atoms with Crippen molar-refractivity contribution in [3.63, 3.8) is 0 Å². The van der Waals surface area contributed by atoms with Crippen LogP contribution in [0.15, 0.2) is 42.5 Å². The van der Waals surface area contributed by atoms with Gasteiger partial charge in [0.15, 0.2) is 6.54 Å². The van der Waals surface area contributed by atoms with Gasteiger partial charge in [0, 0.05) is 10.6 Å². The molecule has 3 nitrogen and oxygen atoms in total. The van der Waals surface area contributed by atoms with Crippen molar-refractivity contribution in [2.75, 3.05) is 18.9 Å². The molecule has 0 fully saturated rings. The zero-order valence-electron chi connectivity index (χ0n) is 12.0. The lowest BCUT2D eigenvalue weighted by Gasteiger charge is -2.14. The fourth-order valence-corrected chi connectivity index (χ4v) is 2.41. The third kappa shape index (κ3) is 4.98. The molecule has 0 aliphatic carbocycles. The normalized spacial score (nSPS) is 12.0. The van der Waals surface area contributed by atoms with Gasteiger partial charge >= 0.3 is 0 Å². The van der Waals surface area contributed by atoms with Crippen molar-refractivity contribution in [3.05, 3.63) is 63.9 Å². The molecule has 2 N–H and O–H groups in total. The van der Waals surface area contributed by atoms with Crippen LogP contribution in [0.4, 0.5) is 10.1 Å². The van der Waals surface area contributed by atoms with Gasteiger partial charge in [-0.1, -0.05) is 35.3 Å². The van der Waals surface area contributed by atoms with Gasteiger partial charge in [0.25, 0.3) is 5.91 Å². The molecule has 0 aliphatic heterocycles. The van der Waals surface area contributed by atoms with Gasteiger partial charge in [-0.15, -0.1) is 0 Å². The minimum atomic E-state index is -0.437. The van der Waals surface area contributed by atoms with Crippen LogP contribution in [0.3, 0.4) is 0 Å². The Morgan fingerprint density at radius 1 is 1.18 bits per heavy atom. The highest BCUT2D eigenvalue weighted by atomic mass is 35.5. The van der Waals surface area contributed by atoms with Gasteiger partial charge in [-0.05, 0) is 30.3 Å². The Morgan fingerprint density at radius 2 is 1.86 bits per heavy atom. The molecule has 6 heteroatoms. The zero-order chi connectivity index (χ0) is 16.1. The van der Waals surface area contributed by atoms with Crippen molar-refractivity contribution in [3.8, 4) is 0 Å². The predicted molar refractivity (Wildman–Crippen MR) is 86.9 cm³/mol. The van der Waals surface area contributed by atoms with Crippen LogP contribution in [-0.2, 0) is 11.3 Å². The maximum absolute atomic E-state index is 13.0. The average Bonchev–Trinajstić information content (AvgIpc) is 2.44. The summed E-state index contributed by atoms with van der Waals surface area (Å²) in [6.45, 7) is 0.970. The quantitative estimate of drug-likeness (QED) is 0.861. The van der Waals surface area contributed by atoms with E-state index in [9.17, 15) is 9.18 Å². The molecule has 0 radical (unpaired) electrons. The lowest BCUT2D eigenvalue weighted by atomic mass is 10.2. The summed E-state index contributed by atoms with van der Waals surface area (Å²) in [6, 6.07) is 11.4. The largest absolute Gasteiger partial charge is 0.326 e. The molecule has 0 heterocycles. The Morgan fingerprint density at radius 3 is 2.50 bits per heavy atom. The van der Waals surface area contributed by atoms with Crippen LogP contribution in [0.2, 0.25) is 10.0 Å². The Labute approximate surface area is 138 Å². The first-order chi connectivity index (χ1) is 10.4. The third-order valence-corrected chi connectivity index (χ3v) is 3.65. The number of anilines is 1. The van der Waals surface area contributed by atoms with Crippen LogP contribution in [0.25, 0.3) is 0 Å². The smallest absolute Gasteiger partial charge is 0.279 e. The van der Waals surface area contributed by atoms with Crippen LogP contribution in [0.1, 0.15) is 5.56 Å². The lowest BCUT2D eigenvalue weighted by Crippen LogP contribution is -3.08. The number of likely N-dealkylation sites (N-methyl/N-ethyl adjacent to an activating group) is 1. The molecule has 22 heavy (non-hydrogen) atoms. The van der Waals surface area contributed by atoms with E-state index in [-0.39, 0.29) is 17.5 Å². The van der Waals surface area contributed by atoms with E-state index in [4.69, 9.17) is 23.2 Å². The highest BCUT2D eigenvalue weighted by molar-refractivity contribution is 6.33. The first-order valence-electron chi connectivity index (χ1n) is 6.74. The molecule has 1 unspecified atom stereocenters. The second-order valence-electron chi connectivity index (χ2n) is 5.11. The first-order valence-corrected chi connectivity index (χ1v) is 7.50. The molecule has 0 aromatic heterocycles. The number of hydrogen-bond donors (Lipinski definition) is 2. The number of carbonyl (C=O) groups is 1. The van der Waals surface area contributed by atoms with Crippen LogP contribution in [-0.4, -0.2) is 19.5 Å². The molecule has 2 rings (SSSR count). The van der Waals surface area contributed by atoms with Crippen molar-refractivity contribution in [1.29, 1.82) is 0 Å². The van der Waals surface area contributed by atoms with Gasteiger partial charge < -0.3 is 10.2 Å². The van der Waals surface area contributed by atoms with Gasteiger partial charge in [0.1, 0.15) is 12.4 Å². The zero-order valence-corrected chi connectivity index (χ0v) is 13.5. The minimum Gasteiger partial charge on any atom is -0.326 e. The molecule has 0 saturated carbocycles. The third-order valence-electron chi connectivity index (χ3n) is 3.09. The van der Waals surface area contributed by atoms with E-state index in [1.807, 2.05) is 31.3 Å². The lowest BCUT2D eigenvalue weighted by molar-refractivity contribution is -0.885. The van der Waals surface area contributed by atoms with E-state index in [0.717, 1.165) is 10.5 Å². The highest BCUT2D eigenvalue weighted by Crippen LogP contribution is 2.22. The monoisotopic (exact) mass is 341 g/mol. The maximum Gasteiger partial charge on any atom is 0.279 e. The summed E-state index contributed by atoms with van der Waals surface area (Å²) < 4.78 is 13.0. The van der Waals surface area contributed by atoms with Gasteiger partial charge in [0.05, 0.1) is 17.8 Å². The molecular weight excluding hydrogens is 326 g/mol. The molecule has 0 saturated heterocycles. The fraction of sp³-hybridized carbons (Fsp3) is 0.188. The van der Waals surface area contributed by atoms with Crippen molar-refractivity contribution in [2.24, 2.45) is 0 Å². The molecule has 2 aromatic rings. The molecule has 0 aliphatic rings. The number of rotatable bonds is 5. The summed E-state index contributed by atoms with van der Waals surface area (Å²) in [5.41, 5.74) is 1.50. The standard InChI is InChI=1S/C16H15Cl2FN2O/c1-21(9-11-2-4-12(17)5-3-11)10-16(22)20-15-7-6-13(19)8-14(15)18/h2-8H,9-10H2,1H3,(H,20,22)/p+1. The Bertz CT molecular complexity index is 662. The number of quaternary nitrogens is 1. The topological polar surface area (TPSA) is 33.5 Å².